The molecule has 2 aromatic rings. The Morgan fingerprint density at radius 2 is 1.80 bits per heavy atom. The van der Waals surface area contributed by atoms with E-state index < -0.39 is 0 Å². The Morgan fingerprint density at radius 3 is 2.40 bits per heavy atom. The zero-order valence-electron chi connectivity index (χ0n) is 11.2. The summed E-state index contributed by atoms with van der Waals surface area (Å²) in [6.45, 7) is 3.68. The molecule has 0 aliphatic carbocycles. The van der Waals surface area contributed by atoms with Gasteiger partial charge in [0.2, 0.25) is 0 Å². The molecule has 0 aromatic heterocycles. The fourth-order valence-electron chi connectivity index (χ4n) is 1.86. The molecular formula is C16H14Cl2O2. The number of ether oxygens (including phenoxy) is 1. The molecular weight excluding hydrogens is 295 g/mol. The maximum atomic E-state index is 11.6. The average molecular weight is 309 g/mol. The summed E-state index contributed by atoms with van der Waals surface area (Å²) in [5.41, 5.74) is 2.29. The Labute approximate surface area is 128 Å². The Kier molecular flexibility index (Phi) is 4.69. The van der Waals surface area contributed by atoms with Gasteiger partial charge in [-0.15, -0.1) is 0 Å². The number of Topliss-reactive ketones (excluding diaryl/α,β-unsaturated/α-hetero) is 1. The summed E-state index contributed by atoms with van der Waals surface area (Å²) in [5, 5.41) is 1.10. The molecule has 0 heterocycles. The van der Waals surface area contributed by atoms with Gasteiger partial charge >= 0.3 is 0 Å². The van der Waals surface area contributed by atoms with Crippen molar-refractivity contribution in [3.63, 3.8) is 0 Å². The second kappa shape index (κ2) is 6.29. The van der Waals surface area contributed by atoms with Gasteiger partial charge < -0.3 is 4.74 Å². The van der Waals surface area contributed by atoms with Gasteiger partial charge in [0.1, 0.15) is 12.4 Å². The van der Waals surface area contributed by atoms with Crippen molar-refractivity contribution in [1.29, 1.82) is 0 Å². The summed E-state index contributed by atoms with van der Waals surface area (Å²) in [6.07, 6.45) is 0. The quantitative estimate of drug-likeness (QED) is 0.736. The molecule has 2 nitrogen and oxygen atoms in total. The number of hydrogen-bond donors (Lipinski definition) is 0. The highest BCUT2D eigenvalue weighted by Crippen LogP contribution is 2.27. The van der Waals surface area contributed by atoms with Crippen LogP contribution in [0.1, 0.15) is 28.4 Å². The van der Waals surface area contributed by atoms with Gasteiger partial charge in [-0.3, -0.25) is 4.79 Å². The summed E-state index contributed by atoms with van der Waals surface area (Å²) in [5.74, 6) is 0.513. The molecule has 0 spiro atoms. The summed E-state index contributed by atoms with van der Waals surface area (Å²) in [7, 11) is 0. The molecule has 2 rings (SSSR count). The number of carbonyl (C=O) groups is 1. The number of hydrogen-bond acceptors (Lipinski definition) is 2. The fourth-order valence-corrected chi connectivity index (χ4v) is 2.37. The third kappa shape index (κ3) is 3.33. The first-order valence-corrected chi connectivity index (χ1v) is 6.92. The molecule has 0 radical (unpaired) electrons. The lowest BCUT2D eigenvalue weighted by Crippen LogP contribution is -2.03. The van der Waals surface area contributed by atoms with Crippen molar-refractivity contribution in [2.24, 2.45) is 0 Å². The molecule has 0 saturated carbocycles. The number of rotatable bonds is 4. The van der Waals surface area contributed by atoms with E-state index in [2.05, 4.69) is 0 Å². The van der Waals surface area contributed by atoms with E-state index in [9.17, 15) is 4.79 Å². The molecule has 0 aliphatic rings. The Balaban J connectivity index is 2.27. The van der Waals surface area contributed by atoms with Crippen LogP contribution >= 0.6 is 23.2 Å². The van der Waals surface area contributed by atoms with E-state index in [0.717, 1.165) is 5.56 Å². The van der Waals surface area contributed by atoms with E-state index in [1.54, 1.807) is 24.3 Å². The zero-order valence-corrected chi connectivity index (χ0v) is 12.8. The molecule has 0 fully saturated rings. The minimum absolute atomic E-state index is 0.0368. The van der Waals surface area contributed by atoms with Gasteiger partial charge in [-0.25, -0.2) is 0 Å². The van der Waals surface area contributed by atoms with Gasteiger partial charge in [-0.1, -0.05) is 35.3 Å². The highest BCUT2D eigenvalue weighted by atomic mass is 35.5. The number of halogens is 2. The van der Waals surface area contributed by atoms with Gasteiger partial charge in [-0.05, 0) is 43.7 Å². The van der Waals surface area contributed by atoms with E-state index in [1.165, 1.54) is 6.92 Å². The van der Waals surface area contributed by atoms with Crippen LogP contribution in [0.15, 0.2) is 36.4 Å². The second-order valence-electron chi connectivity index (χ2n) is 4.54. The second-order valence-corrected chi connectivity index (χ2v) is 5.36. The van der Waals surface area contributed by atoms with Crippen molar-refractivity contribution in [3.8, 4) is 5.75 Å². The van der Waals surface area contributed by atoms with Crippen LogP contribution in [-0.4, -0.2) is 5.78 Å². The van der Waals surface area contributed by atoms with Gasteiger partial charge in [0.15, 0.2) is 5.78 Å². The molecule has 0 amide bonds. The fraction of sp³-hybridized carbons (Fsp3) is 0.188. The van der Waals surface area contributed by atoms with Crippen LogP contribution in [0.2, 0.25) is 10.0 Å². The molecule has 0 atom stereocenters. The van der Waals surface area contributed by atoms with Crippen molar-refractivity contribution >= 4 is 29.0 Å². The number of aryl methyl sites for hydroxylation is 1. The third-order valence-electron chi connectivity index (χ3n) is 2.95. The monoisotopic (exact) mass is 308 g/mol. The van der Waals surface area contributed by atoms with Crippen LogP contribution in [0, 0.1) is 6.92 Å². The molecule has 4 heteroatoms. The first kappa shape index (κ1) is 14.9. The van der Waals surface area contributed by atoms with Crippen molar-refractivity contribution in [3.05, 3.63) is 63.1 Å². The van der Waals surface area contributed by atoms with E-state index in [4.69, 9.17) is 27.9 Å². The van der Waals surface area contributed by atoms with Crippen LogP contribution in [0.5, 0.6) is 5.75 Å². The number of carbonyl (C=O) groups excluding carboxylic acids is 1. The topological polar surface area (TPSA) is 26.3 Å². The predicted molar refractivity (Wildman–Crippen MR) is 82.0 cm³/mol. The molecule has 0 bridgehead atoms. The van der Waals surface area contributed by atoms with E-state index in [1.807, 2.05) is 19.1 Å². The standard InChI is InChI=1S/C16H14Cl2O2/c1-10-6-7-12(11(2)19)16(8-10)20-9-13-14(17)4-3-5-15(13)18/h3-8H,9H2,1-2H3. The van der Waals surface area contributed by atoms with Crippen LogP contribution < -0.4 is 4.74 Å². The van der Waals surface area contributed by atoms with Gasteiger partial charge in [-0.2, -0.15) is 0 Å². The highest BCUT2D eigenvalue weighted by molar-refractivity contribution is 6.35. The number of ketones is 1. The highest BCUT2D eigenvalue weighted by Gasteiger charge is 2.11. The zero-order chi connectivity index (χ0) is 14.7. The normalized spacial score (nSPS) is 10.4. The van der Waals surface area contributed by atoms with Gasteiger partial charge in [0.05, 0.1) is 5.56 Å². The van der Waals surface area contributed by atoms with Crippen molar-refractivity contribution in [2.75, 3.05) is 0 Å². The minimum Gasteiger partial charge on any atom is -0.488 e. The molecule has 2 aromatic carbocycles. The smallest absolute Gasteiger partial charge is 0.163 e. The summed E-state index contributed by atoms with van der Waals surface area (Å²) >= 11 is 12.2. The Morgan fingerprint density at radius 1 is 1.15 bits per heavy atom. The first-order valence-electron chi connectivity index (χ1n) is 6.16. The van der Waals surface area contributed by atoms with Crippen LogP contribution in [0.25, 0.3) is 0 Å². The van der Waals surface area contributed by atoms with Crippen LogP contribution in [0.3, 0.4) is 0 Å². The average Bonchev–Trinajstić information content (AvgIpc) is 2.37. The van der Waals surface area contributed by atoms with Crippen molar-refractivity contribution in [2.45, 2.75) is 20.5 Å². The van der Waals surface area contributed by atoms with Crippen LogP contribution in [-0.2, 0) is 6.61 Å². The lowest BCUT2D eigenvalue weighted by Gasteiger charge is -2.12. The molecule has 0 N–H and O–H groups in total. The lowest BCUT2D eigenvalue weighted by molar-refractivity contribution is 0.101. The summed E-state index contributed by atoms with van der Waals surface area (Å²) in [4.78, 5) is 11.6. The molecule has 20 heavy (non-hydrogen) atoms. The predicted octanol–water partition coefficient (Wildman–Crippen LogP) is 5.08. The Bertz CT molecular complexity index is 631. The maximum Gasteiger partial charge on any atom is 0.163 e. The maximum absolute atomic E-state index is 11.6. The van der Waals surface area contributed by atoms with E-state index >= 15 is 0 Å². The minimum atomic E-state index is -0.0368. The summed E-state index contributed by atoms with van der Waals surface area (Å²) < 4.78 is 5.74. The first-order chi connectivity index (χ1) is 9.49. The summed E-state index contributed by atoms with van der Waals surface area (Å²) in [6, 6.07) is 10.8. The molecule has 104 valence electrons. The van der Waals surface area contributed by atoms with Gasteiger partial charge in [0, 0.05) is 15.6 Å². The lowest BCUT2D eigenvalue weighted by atomic mass is 10.1. The molecule has 0 unspecified atom stereocenters. The Hall–Kier alpha value is -1.51. The van der Waals surface area contributed by atoms with Gasteiger partial charge in [0.25, 0.3) is 0 Å². The SMILES string of the molecule is CC(=O)c1ccc(C)cc1OCc1c(Cl)cccc1Cl. The third-order valence-corrected chi connectivity index (χ3v) is 3.66. The van der Waals surface area contributed by atoms with Crippen molar-refractivity contribution in [1.82, 2.24) is 0 Å². The van der Waals surface area contributed by atoms with E-state index in [0.29, 0.717) is 26.9 Å². The number of benzene rings is 2. The largest absolute Gasteiger partial charge is 0.488 e. The molecule has 0 aliphatic heterocycles. The van der Waals surface area contributed by atoms with Crippen LogP contribution in [0.4, 0.5) is 0 Å². The molecule has 0 saturated heterocycles. The van der Waals surface area contributed by atoms with Crippen molar-refractivity contribution < 1.29 is 9.53 Å². The van der Waals surface area contributed by atoms with E-state index in [-0.39, 0.29) is 12.4 Å².